The average Bonchev–Trinajstić information content (AvgIpc) is 2.34. The molecule has 1 aliphatic rings. The van der Waals surface area contributed by atoms with Crippen LogP contribution in [0.15, 0.2) is 18.2 Å². The second-order valence-corrected chi connectivity index (χ2v) is 6.97. The van der Waals surface area contributed by atoms with Crippen LogP contribution in [0.1, 0.15) is 27.7 Å². The van der Waals surface area contributed by atoms with Crippen LogP contribution in [0.2, 0.25) is 0 Å². The minimum Gasteiger partial charge on any atom is -0.444 e. The molecule has 22 heavy (non-hydrogen) atoms. The molecule has 0 spiro atoms. The number of carbonyl (C=O) groups excluding carboxylic acids is 1. The highest BCUT2D eigenvalue weighted by atomic mass is 19.1. The molecule has 1 aromatic carbocycles. The van der Waals surface area contributed by atoms with E-state index in [9.17, 15) is 9.18 Å². The highest BCUT2D eigenvalue weighted by Gasteiger charge is 2.33. The Hall–Kier alpha value is -1.82. The van der Waals surface area contributed by atoms with Crippen LogP contribution in [0, 0.1) is 11.2 Å². The van der Waals surface area contributed by atoms with E-state index in [0.29, 0.717) is 31.1 Å². The molecule has 1 aliphatic heterocycles. The fourth-order valence-electron chi connectivity index (χ4n) is 2.05. The summed E-state index contributed by atoms with van der Waals surface area (Å²) in [7, 11) is 0. The maximum absolute atomic E-state index is 13.5. The van der Waals surface area contributed by atoms with Crippen LogP contribution in [-0.4, -0.2) is 31.5 Å². The third-order valence-electron chi connectivity index (χ3n) is 3.22. The monoisotopic (exact) mass is 310 g/mol. The van der Waals surface area contributed by atoms with Gasteiger partial charge >= 0.3 is 6.09 Å². The molecular formula is C16H23FN2O3. The fraction of sp³-hybridized carbons (Fsp3) is 0.562. The Labute approximate surface area is 130 Å². The first kappa shape index (κ1) is 16.5. The van der Waals surface area contributed by atoms with E-state index >= 15 is 0 Å². The van der Waals surface area contributed by atoms with Crippen molar-refractivity contribution >= 4 is 17.5 Å². The number of anilines is 2. The molecule has 0 unspecified atom stereocenters. The van der Waals surface area contributed by atoms with Crippen LogP contribution in [0.4, 0.5) is 20.6 Å². The van der Waals surface area contributed by atoms with Gasteiger partial charge in [0.25, 0.3) is 0 Å². The van der Waals surface area contributed by atoms with Crippen molar-refractivity contribution in [3.8, 4) is 0 Å². The molecule has 0 atom stereocenters. The quantitative estimate of drug-likeness (QED) is 0.891. The normalized spacial score (nSPS) is 16.6. The lowest BCUT2D eigenvalue weighted by Crippen LogP contribution is -2.45. The van der Waals surface area contributed by atoms with Crippen LogP contribution in [0.3, 0.4) is 0 Å². The van der Waals surface area contributed by atoms with Crippen LogP contribution < -0.4 is 10.6 Å². The number of hydrogen-bond acceptors (Lipinski definition) is 4. The van der Waals surface area contributed by atoms with E-state index in [1.165, 1.54) is 18.2 Å². The molecule has 122 valence electrons. The predicted octanol–water partition coefficient (Wildman–Crippen LogP) is 3.62. The van der Waals surface area contributed by atoms with E-state index in [1.807, 2.05) is 0 Å². The van der Waals surface area contributed by atoms with E-state index < -0.39 is 11.7 Å². The molecule has 2 N–H and O–H groups in total. The molecule has 2 rings (SSSR count). The summed E-state index contributed by atoms with van der Waals surface area (Å²) < 4.78 is 23.9. The first-order chi connectivity index (χ1) is 10.2. The number of carbonyl (C=O) groups is 1. The molecule has 0 aliphatic carbocycles. The molecular weight excluding hydrogens is 287 g/mol. The van der Waals surface area contributed by atoms with Gasteiger partial charge in [0, 0.05) is 12.0 Å². The number of nitrogens with one attached hydrogen (secondary N) is 2. The highest BCUT2D eigenvalue weighted by molar-refractivity contribution is 5.89. The molecule has 0 aromatic heterocycles. The summed E-state index contributed by atoms with van der Waals surface area (Å²) in [5, 5.41) is 5.82. The molecule has 0 saturated carbocycles. The number of benzene rings is 1. The maximum Gasteiger partial charge on any atom is 0.412 e. The minimum atomic E-state index is -0.589. The van der Waals surface area contributed by atoms with Gasteiger partial charge in [-0.2, -0.15) is 0 Å². The first-order valence-electron chi connectivity index (χ1n) is 7.28. The van der Waals surface area contributed by atoms with Gasteiger partial charge in [0.1, 0.15) is 11.4 Å². The number of rotatable bonds is 4. The number of amides is 1. The second kappa shape index (κ2) is 6.12. The van der Waals surface area contributed by atoms with Gasteiger partial charge in [-0.1, -0.05) is 6.92 Å². The number of ether oxygens (including phenoxy) is 2. The van der Waals surface area contributed by atoms with Gasteiger partial charge in [0.05, 0.1) is 24.6 Å². The standard InChI is InChI=1S/C16H23FN2O3/c1-15(2,3)22-14(20)19-12-6-5-11(17)7-13(12)18-8-16(4)9-21-10-16/h5-7,18H,8-10H2,1-4H3,(H,19,20). The Morgan fingerprint density at radius 1 is 1.36 bits per heavy atom. The van der Waals surface area contributed by atoms with Crippen molar-refractivity contribution in [3.63, 3.8) is 0 Å². The number of halogens is 1. The van der Waals surface area contributed by atoms with Crippen molar-refractivity contribution in [1.29, 1.82) is 0 Å². The van der Waals surface area contributed by atoms with Gasteiger partial charge in [-0.05, 0) is 39.0 Å². The van der Waals surface area contributed by atoms with E-state index in [0.717, 1.165) is 0 Å². The Morgan fingerprint density at radius 2 is 2.05 bits per heavy atom. The summed E-state index contributed by atoms with van der Waals surface area (Å²) >= 11 is 0. The lowest BCUT2D eigenvalue weighted by molar-refractivity contribution is -0.0924. The highest BCUT2D eigenvalue weighted by Crippen LogP contribution is 2.29. The molecule has 1 heterocycles. The summed E-state index contributed by atoms with van der Waals surface area (Å²) in [5.74, 6) is -0.368. The zero-order valence-electron chi connectivity index (χ0n) is 13.5. The third kappa shape index (κ3) is 4.59. The maximum atomic E-state index is 13.5. The van der Waals surface area contributed by atoms with Crippen molar-refractivity contribution in [2.24, 2.45) is 5.41 Å². The predicted molar refractivity (Wildman–Crippen MR) is 83.7 cm³/mol. The molecule has 0 bridgehead atoms. The van der Waals surface area contributed by atoms with Crippen LogP contribution >= 0.6 is 0 Å². The Morgan fingerprint density at radius 3 is 2.59 bits per heavy atom. The van der Waals surface area contributed by atoms with E-state index in [4.69, 9.17) is 9.47 Å². The average molecular weight is 310 g/mol. The van der Waals surface area contributed by atoms with Gasteiger partial charge < -0.3 is 14.8 Å². The first-order valence-corrected chi connectivity index (χ1v) is 7.28. The largest absolute Gasteiger partial charge is 0.444 e. The van der Waals surface area contributed by atoms with Crippen molar-refractivity contribution < 1.29 is 18.7 Å². The molecule has 0 radical (unpaired) electrons. The Kier molecular flexibility index (Phi) is 4.60. The van der Waals surface area contributed by atoms with Gasteiger partial charge in [-0.3, -0.25) is 5.32 Å². The third-order valence-corrected chi connectivity index (χ3v) is 3.22. The SMILES string of the molecule is CC1(CNc2cc(F)ccc2NC(=O)OC(C)(C)C)COC1. The molecule has 1 amide bonds. The Balaban J connectivity index is 2.05. The van der Waals surface area contributed by atoms with E-state index in [1.54, 1.807) is 20.8 Å². The fourth-order valence-corrected chi connectivity index (χ4v) is 2.05. The Bertz CT molecular complexity index is 551. The van der Waals surface area contributed by atoms with Crippen molar-refractivity contribution in [2.75, 3.05) is 30.4 Å². The summed E-state index contributed by atoms with van der Waals surface area (Å²) in [5.41, 5.74) is 0.461. The topological polar surface area (TPSA) is 59.6 Å². The van der Waals surface area contributed by atoms with Gasteiger partial charge in [-0.15, -0.1) is 0 Å². The molecule has 6 heteroatoms. The minimum absolute atomic E-state index is 0.0372. The molecule has 1 saturated heterocycles. The van der Waals surface area contributed by atoms with E-state index in [-0.39, 0.29) is 11.2 Å². The zero-order valence-corrected chi connectivity index (χ0v) is 13.5. The van der Waals surface area contributed by atoms with Gasteiger partial charge in [-0.25, -0.2) is 9.18 Å². The van der Waals surface area contributed by atoms with Crippen molar-refractivity contribution in [1.82, 2.24) is 0 Å². The van der Waals surface area contributed by atoms with Gasteiger partial charge in [0.15, 0.2) is 0 Å². The van der Waals surface area contributed by atoms with Crippen LogP contribution in [-0.2, 0) is 9.47 Å². The van der Waals surface area contributed by atoms with E-state index in [2.05, 4.69) is 17.6 Å². The van der Waals surface area contributed by atoms with Crippen LogP contribution in [0.25, 0.3) is 0 Å². The number of hydrogen-bond donors (Lipinski definition) is 2. The van der Waals surface area contributed by atoms with Crippen LogP contribution in [0.5, 0.6) is 0 Å². The molecule has 1 fully saturated rings. The zero-order chi connectivity index (χ0) is 16.4. The summed E-state index contributed by atoms with van der Waals surface area (Å²) in [6.45, 7) is 9.42. The lowest BCUT2D eigenvalue weighted by Gasteiger charge is -2.38. The second-order valence-electron chi connectivity index (χ2n) is 6.97. The summed E-state index contributed by atoms with van der Waals surface area (Å²) in [4.78, 5) is 11.9. The lowest BCUT2D eigenvalue weighted by atomic mass is 9.88. The summed E-state index contributed by atoms with van der Waals surface area (Å²) in [6, 6.07) is 4.17. The smallest absolute Gasteiger partial charge is 0.412 e. The van der Waals surface area contributed by atoms with Crippen molar-refractivity contribution in [3.05, 3.63) is 24.0 Å². The molecule has 5 nitrogen and oxygen atoms in total. The van der Waals surface area contributed by atoms with Crippen molar-refractivity contribution in [2.45, 2.75) is 33.3 Å². The molecule has 1 aromatic rings. The van der Waals surface area contributed by atoms with Gasteiger partial charge in [0.2, 0.25) is 0 Å². The summed E-state index contributed by atoms with van der Waals surface area (Å²) in [6.07, 6.45) is -0.569.